The van der Waals surface area contributed by atoms with Gasteiger partial charge in [-0.1, -0.05) is 46.3 Å². The van der Waals surface area contributed by atoms with Gasteiger partial charge < -0.3 is 14.6 Å². The Labute approximate surface area is 151 Å². The predicted molar refractivity (Wildman–Crippen MR) is 96.2 cm³/mol. The Hall–Kier alpha value is -2.86. The van der Waals surface area contributed by atoms with Crippen LogP contribution in [0.4, 0.5) is 0 Å². The number of ether oxygens (including phenoxy) is 2. The molecule has 6 heteroatoms. The normalized spacial score (nSPS) is 10.4. The van der Waals surface area contributed by atoms with E-state index in [0.717, 1.165) is 10.8 Å². The standard InChI is InChI=1S/C19H13BrO5/c20-14-6-8-17(16(10-14)19(22)23)25-18(21)11-24-15-7-5-12-3-1-2-4-13(12)9-15/h1-10H,11H2,(H,22,23). The Morgan fingerprint density at radius 1 is 0.960 bits per heavy atom. The molecule has 0 atom stereocenters. The van der Waals surface area contributed by atoms with Crippen molar-refractivity contribution in [3.8, 4) is 11.5 Å². The van der Waals surface area contributed by atoms with Crippen molar-refractivity contribution in [3.63, 3.8) is 0 Å². The molecule has 0 aliphatic heterocycles. The molecule has 25 heavy (non-hydrogen) atoms. The first-order chi connectivity index (χ1) is 12.0. The fourth-order valence-corrected chi connectivity index (χ4v) is 2.67. The van der Waals surface area contributed by atoms with Gasteiger partial charge in [-0.3, -0.25) is 0 Å². The third kappa shape index (κ3) is 4.16. The van der Waals surface area contributed by atoms with Crippen molar-refractivity contribution in [2.24, 2.45) is 0 Å². The Morgan fingerprint density at radius 3 is 2.48 bits per heavy atom. The number of rotatable bonds is 5. The molecule has 3 aromatic carbocycles. The lowest BCUT2D eigenvalue weighted by Gasteiger charge is -2.09. The van der Waals surface area contributed by atoms with Crippen LogP contribution in [-0.2, 0) is 4.79 Å². The molecule has 0 heterocycles. The van der Waals surface area contributed by atoms with Crippen molar-refractivity contribution in [3.05, 3.63) is 70.7 Å². The average molecular weight is 401 g/mol. The van der Waals surface area contributed by atoms with Gasteiger partial charge in [-0.2, -0.15) is 0 Å². The van der Waals surface area contributed by atoms with E-state index >= 15 is 0 Å². The van der Waals surface area contributed by atoms with Crippen LogP contribution in [0.15, 0.2) is 65.1 Å². The van der Waals surface area contributed by atoms with Gasteiger partial charge in [0.2, 0.25) is 0 Å². The largest absolute Gasteiger partial charge is 0.482 e. The summed E-state index contributed by atoms with van der Waals surface area (Å²) in [6, 6.07) is 17.7. The number of hydrogen-bond donors (Lipinski definition) is 1. The van der Waals surface area contributed by atoms with Crippen molar-refractivity contribution < 1.29 is 24.2 Å². The van der Waals surface area contributed by atoms with Crippen molar-refractivity contribution in [2.75, 3.05) is 6.61 Å². The second kappa shape index (κ2) is 7.36. The van der Waals surface area contributed by atoms with Gasteiger partial charge in [0, 0.05) is 4.47 Å². The van der Waals surface area contributed by atoms with Gasteiger partial charge in [-0.25, -0.2) is 9.59 Å². The first-order valence-electron chi connectivity index (χ1n) is 7.38. The topological polar surface area (TPSA) is 72.8 Å². The highest BCUT2D eigenvalue weighted by molar-refractivity contribution is 9.10. The Bertz CT molecular complexity index is 951. The predicted octanol–water partition coefficient (Wildman–Crippen LogP) is 4.28. The zero-order valence-corrected chi connectivity index (χ0v) is 14.5. The number of carbonyl (C=O) groups excluding carboxylic acids is 1. The van der Waals surface area contributed by atoms with Crippen LogP contribution in [0.25, 0.3) is 10.8 Å². The highest BCUT2D eigenvalue weighted by Gasteiger charge is 2.15. The molecular formula is C19H13BrO5. The van der Waals surface area contributed by atoms with E-state index in [4.69, 9.17) is 14.6 Å². The van der Waals surface area contributed by atoms with Crippen molar-refractivity contribution in [1.29, 1.82) is 0 Å². The number of carbonyl (C=O) groups is 2. The first-order valence-corrected chi connectivity index (χ1v) is 8.17. The van der Waals surface area contributed by atoms with E-state index < -0.39 is 11.9 Å². The lowest BCUT2D eigenvalue weighted by atomic mass is 10.1. The molecule has 0 saturated carbocycles. The highest BCUT2D eigenvalue weighted by atomic mass is 79.9. The molecule has 5 nitrogen and oxygen atoms in total. The van der Waals surface area contributed by atoms with Crippen LogP contribution in [0.3, 0.4) is 0 Å². The minimum atomic E-state index is -1.18. The molecule has 3 aromatic rings. The second-order valence-electron chi connectivity index (χ2n) is 5.22. The lowest BCUT2D eigenvalue weighted by molar-refractivity contribution is -0.136. The summed E-state index contributed by atoms with van der Waals surface area (Å²) in [4.78, 5) is 23.2. The van der Waals surface area contributed by atoms with Crippen LogP contribution >= 0.6 is 15.9 Å². The quantitative estimate of drug-likeness (QED) is 0.510. The summed E-state index contributed by atoms with van der Waals surface area (Å²) in [6.07, 6.45) is 0. The summed E-state index contributed by atoms with van der Waals surface area (Å²) < 4.78 is 11.1. The molecule has 3 rings (SSSR count). The average Bonchev–Trinajstić information content (AvgIpc) is 2.61. The Kier molecular flexibility index (Phi) is 5.00. The van der Waals surface area contributed by atoms with Gasteiger partial charge in [0.15, 0.2) is 6.61 Å². The third-order valence-electron chi connectivity index (χ3n) is 3.47. The van der Waals surface area contributed by atoms with Crippen molar-refractivity contribution in [1.82, 2.24) is 0 Å². The molecule has 0 fully saturated rings. The van der Waals surface area contributed by atoms with Crippen LogP contribution in [0, 0.1) is 0 Å². The third-order valence-corrected chi connectivity index (χ3v) is 3.97. The zero-order valence-electron chi connectivity index (χ0n) is 12.9. The molecule has 0 saturated heterocycles. The summed E-state index contributed by atoms with van der Waals surface area (Å²) in [7, 11) is 0. The SMILES string of the molecule is O=C(COc1ccc2ccccc2c1)Oc1ccc(Br)cc1C(=O)O. The van der Waals surface area contributed by atoms with Crippen molar-refractivity contribution in [2.45, 2.75) is 0 Å². The number of hydrogen-bond acceptors (Lipinski definition) is 4. The van der Waals surface area contributed by atoms with Gasteiger partial charge in [-0.15, -0.1) is 0 Å². The van der Waals surface area contributed by atoms with Gasteiger partial charge >= 0.3 is 11.9 Å². The van der Waals surface area contributed by atoms with E-state index in [1.165, 1.54) is 12.1 Å². The summed E-state index contributed by atoms with van der Waals surface area (Å²) in [5.74, 6) is -1.36. The Balaban J connectivity index is 1.67. The van der Waals surface area contributed by atoms with E-state index in [0.29, 0.717) is 10.2 Å². The van der Waals surface area contributed by atoms with Gasteiger partial charge in [-0.05, 0) is 41.1 Å². The smallest absolute Gasteiger partial charge is 0.349 e. The van der Waals surface area contributed by atoms with E-state index in [1.807, 2.05) is 36.4 Å². The first kappa shape index (κ1) is 17.0. The number of carboxylic acid groups (broad SMARTS) is 1. The van der Waals surface area contributed by atoms with Gasteiger partial charge in [0.1, 0.15) is 17.1 Å². The van der Waals surface area contributed by atoms with Crippen LogP contribution in [-0.4, -0.2) is 23.7 Å². The molecular weight excluding hydrogens is 388 g/mol. The molecule has 0 amide bonds. The van der Waals surface area contributed by atoms with E-state index in [9.17, 15) is 9.59 Å². The molecule has 126 valence electrons. The molecule has 0 aliphatic rings. The molecule has 0 bridgehead atoms. The number of carboxylic acids is 1. The summed E-state index contributed by atoms with van der Waals surface area (Å²) in [5.41, 5.74) is -0.103. The maximum atomic E-state index is 12.0. The molecule has 0 spiro atoms. The minimum Gasteiger partial charge on any atom is -0.482 e. The molecule has 0 aromatic heterocycles. The summed E-state index contributed by atoms with van der Waals surface area (Å²) >= 11 is 3.18. The number of esters is 1. The van der Waals surface area contributed by atoms with Crippen LogP contribution in [0.2, 0.25) is 0 Å². The molecule has 0 aliphatic carbocycles. The maximum Gasteiger partial charge on any atom is 0.349 e. The van der Waals surface area contributed by atoms with Gasteiger partial charge in [0.05, 0.1) is 0 Å². The van der Waals surface area contributed by atoms with Crippen molar-refractivity contribution >= 4 is 38.6 Å². The lowest BCUT2D eigenvalue weighted by Crippen LogP contribution is -2.19. The fourth-order valence-electron chi connectivity index (χ4n) is 2.31. The summed E-state index contributed by atoms with van der Waals surface area (Å²) in [6.45, 7) is -0.326. The zero-order chi connectivity index (χ0) is 17.8. The molecule has 1 N–H and O–H groups in total. The van der Waals surface area contributed by atoms with Gasteiger partial charge in [0.25, 0.3) is 0 Å². The maximum absolute atomic E-state index is 12.0. The van der Waals surface area contributed by atoms with Crippen LogP contribution in [0.1, 0.15) is 10.4 Å². The Morgan fingerprint density at radius 2 is 1.72 bits per heavy atom. The second-order valence-corrected chi connectivity index (χ2v) is 6.13. The van der Waals surface area contributed by atoms with E-state index in [1.54, 1.807) is 12.1 Å². The van der Waals surface area contributed by atoms with E-state index in [-0.39, 0.29) is 17.9 Å². The molecule has 0 unspecified atom stereocenters. The van der Waals surface area contributed by atoms with Crippen LogP contribution in [0.5, 0.6) is 11.5 Å². The fraction of sp³-hybridized carbons (Fsp3) is 0.0526. The number of halogens is 1. The number of aromatic carboxylic acids is 1. The van der Waals surface area contributed by atoms with Crippen LogP contribution < -0.4 is 9.47 Å². The highest BCUT2D eigenvalue weighted by Crippen LogP contribution is 2.24. The monoisotopic (exact) mass is 400 g/mol. The van der Waals surface area contributed by atoms with E-state index in [2.05, 4.69) is 15.9 Å². The number of fused-ring (bicyclic) bond motifs is 1. The minimum absolute atomic E-state index is 0.0252. The molecule has 0 radical (unpaired) electrons. The number of benzene rings is 3. The summed E-state index contributed by atoms with van der Waals surface area (Å²) in [5, 5.41) is 11.2.